The molecule has 0 spiro atoms. The number of rotatable bonds is 8. The first-order valence-corrected chi connectivity index (χ1v) is 11.9. The highest BCUT2D eigenvalue weighted by molar-refractivity contribution is 5.92. The summed E-state index contributed by atoms with van der Waals surface area (Å²) in [5, 5.41) is 5.75. The number of carbonyl (C=O) groups is 3. The van der Waals surface area contributed by atoms with Crippen molar-refractivity contribution in [2.75, 3.05) is 5.32 Å². The molecule has 1 saturated heterocycles. The van der Waals surface area contributed by atoms with E-state index in [9.17, 15) is 14.4 Å². The fourth-order valence-corrected chi connectivity index (χ4v) is 4.04. The van der Waals surface area contributed by atoms with Gasteiger partial charge in [-0.2, -0.15) is 0 Å². The fraction of sp³-hybridized carbons (Fsp3) is 0.286. The number of amides is 3. The van der Waals surface area contributed by atoms with Crippen LogP contribution in [0.5, 0.6) is 0 Å². The molecule has 3 aromatic rings. The van der Waals surface area contributed by atoms with Crippen molar-refractivity contribution in [3.05, 3.63) is 95.3 Å². The number of hydrogen-bond donors (Lipinski definition) is 2. The molecular formula is C28H30N4O4. The molecule has 0 saturated carbocycles. The summed E-state index contributed by atoms with van der Waals surface area (Å²) < 4.78 is 5.73. The maximum Gasteiger partial charge on any atom is 0.411 e. The van der Waals surface area contributed by atoms with E-state index in [2.05, 4.69) is 15.6 Å². The Morgan fingerprint density at radius 3 is 2.50 bits per heavy atom. The number of pyridine rings is 1. The predicted molar refractivity (Wildman–Crippen MR) is 136 cm³/mol. The highest BCUT2D eigenvalue weighted by Gasteiger charge is 2.47. The SMILES string of the molecule is Cc1cccc(CN2C(=O)OC(c3ccc(NC(=O)C(C)C)cc3)C2C(=O)NCc2ccccn2)c1. The highest BCUT2D eigenvalue weighted by atomic mass is 16.6. The van der Waals surface area contributed by atoms with Crippen LogP contribution >= 0.6 is 0 Å². The first-order valence-electron chi connectivity index (χ1n) is 11.9. The van der Waals surface area contributed by atoms with E-state index >= 15 is 0 Å². The van der Waals surface area contributed by atoms with Crippen LogP contribution in [0.2, 0.25) is 0 Å². The number of carbonyl (C=O) groups excluding carboxylic acids is 3. The Balaban J connectivity index is 1.58. The average Bonchev–Trinajstić information content (AvgIpc) is 3.19. The van der Waals surface area contributed by atoms with Crippen LogP contribution in [0.1, 0.15) is 42.3 Å². The van der Waals surface area contributed by atoms with E-state index in [0.717, 1.165) is 11.1 Å². The Hall–Kier alpha value is -4.20. The van der Waals surface area contributed by atoms with E-state index in [-0.39, 0.29) is 30.8 Å². The summed E-state index contributed by atoms with van der Waals surface area (Å²) >= 11 is 0. The lowest BCUT2D eigenvalue weighted by molar-refractivity contribution is -0.126. The molecule has 0 aliphatic carbocycles. The number of cyclic esters (lactones) is 1. The second-order valence-corrected chi connectivity index (χ2v) is 9.17. The van der Waals surface area contributed by atoms with E-state index in [0.29, 0.717) is 16.9 Å². The summed E-state index contributed by atoms with van der Waals surface area (Å²) in [7, 11) is 0. The normalized spacial score (nSPS) is 17.1. The maximum absolute atomic E-state index is 13.4. The third kappa shape index (κ3) is 5.89. The number of benzene rings is 2. The lowest BCUT2D eigenvalue weighted by Crippen LogP contribution is -2.46. The first-order chi connectivity index (χ1) is 17.3. The lowest BCUT2D eigenvalue weighted by Gasteiger charge is -2.24. The number of anilines is 1. The molecule has 0 bridgehead atoms. The Labute approximate surface area is 210 Å². The van der Waals surface area contributed by atoms with Gasteiger partial charge in [-0.1, -0.05) is 61.9 Å². The van der Waals surface area contributed by atoms with Gasteiger partial charge in [0.25, 0.3) is 0 Å². The van der Waals surface area contributed by atoms with Gasteiger partial charge in [0.05, 0.1) is 18.8 Å². The lowest BCUT2D eigenvalue weighted by atomic mass is 10.00. The molecule has 4 rings (SSSR count). The summed E-state index contributed by atoms with van der Waals surface area (Å²) in [4.78, 5) is 44.1. The van der Waals surface area contributed by atoms with Crippen molar-refractivity contribution in [3.8, 4) is 0 Å². The summed E-state index contributed by atoms with van der Waals surface area (Å²) in [5.74, 6) is -0.574. The molecule has 8 nitrogen and oxygen atoms in total. The van der Waals surface area contributed by atoms with Gasteiger partial charge in [-0.3, -0.25) is 19.5 Å². The Kier molecular flexibility index (Phi) is 7.63. The zero-order valence-corrected chi connectivity index (χ0v) is 20.6. The van der Waals surface area contributed by atoms with Gasteiger partial charge in [0.15, 0.2) is 12.1 Å². The van der Waals surface area contributed by atoms with Crippen LogP contribution in [-0.4, -0.2) is 33.8 Å². The molecule has 2 heterocycles. The molecule has 8 heteroatoms. The van der Waals surface area contributed by atoms with Gasteiger partial charge in [-0.15, -0.1) is 0 Å². The maximum atomic E-state index is 13.4. The van der Waals surface area contributed by atoms with Crippen molar-refractivity contribution >= 4 is 23.6 Å². The largest absolute Gasteiger partial charge is 0.438 e. The number of nitrogens with one attached hydrogen (secondary N) is 2. The summed E-state index contributed by atoms with van der Waals surface area (Å²) in [6.45, 7) is 6.08. The molecular weight excluding hydrogens is 456 g/mol. The molecule has 1 aliphatic heterocycles. The molecule has 1 fully saturated rings. The van der Waals surface area contributed by atoms with Gasteiger partial charge >= 0.3 is 6.09 Å². The van der Waals surface area contributed by atoms with Gasteiger partial charge in [-0.25, -0.2) is 4.79 Å². The van der Waals surface area contributed by atoms with Crippen molar-refractivity contribution in [2.45, 2.75) is 46.0 Å². The third-order valence-electron chi connectivity index (χ3n) is 5.99. The summed E-state index contributed by atoms with van der Waals surface area (Å²) in [6.07, 6.45) is 0.299. The van der Waals surface area contributed by atoms with Gasteiger partial charge in [0, 0.05) is 17.8 Å². The zero-order valence-electron chi connectivity index (χ0n) is 20.6. The molecule has 2 aromatic carbocycles. The Morgan fingerprint density at radius 1 is 1.06 bits per heavy atom. The van der Waals surface area contributed by atoms with Crippen molar-refractivity contribution in [3.63, 3.8) is 0 Å². The molecule has 1 aliphatic rings. The number of aryl methyl sites for hydroxylation is 1. The van der Waals surface area contributed by atoms with Crippen LogP contribution in [0, 0.1) is 12.8 Å². The van der Waals surface area contributed by atoms with Gasteiger partial charge in [0.1, 0.15) is 0 Å². The average molecular weight is 487 g/mol. The summed E-state index contributed by atoms with van der Waals surface area (Å²) in [5.41, 5.74) is 3.97. The predicted octanol–water partition coefficient (Wildman–Crippen LogP) is 4.36. The van der Waals surface area contributed by atoms with E-state index in [1.54, 1.807) is 30.5 Å². The second-order valence-electron chi connectivity index (χ2n) is 9.17. The Bertz CT molecular complexity index is 1230. The van der Waals surface area contributed by atoms with Crippen LogP contribution in [0.15, 0.2) is 72.9 Å². The van der Waals surface area contributed by atoms with Crippen LogP contribution in [0.25, 0.3) is 0 Å². The molecule has 3 amide bonds. The standard InChI is InChI=1S/C28H30N4O4/c1-18(2)26(33)31-22-12-10-21(11-13-22)25-24(27(34)30-16-23-9-4-5-14-29-23)32(28(35)36-25)17-20-8-6-7-19(3)15-20/h4-15,18,24-25H,16-17H2,1-3H3,(H,30,34)(H,31,33). The van der Waals surface area contributed by atoms with E-state index in [4.69, 9.17) is 4.74 Å². The van der Waals surface area contributed by atoms with Gasteiger partial charge < -0.3 is 15.4 Å². The van der Waals surface area contributed by atoms with Crippen molar-refractivity contribution in [1.29, 1.82) is 0 Å². The van der Waals surface area contributed by atoms with Crippen LogP contribution < -0.4 is 10.6 Å². The molecule has 2 atom stereocenters. The molecule has 1 aromatic heterocycles. The van der Waals surface area contributed by atoms with Crippen molar-refractivity contribution in [1.82, 2.24) is 15.2 Å². The zero-order chi connectivity index (χ0) is 25.7. The van der Waals surface area contributed by atoms with Crippen molar-refractivity contribution in [2.24, 2.45) is 5.92 Å². The number of ether oxygens (including phenoxy) is 1. The van der Waals surface area contributed by atoms with Crippen LogP contribution in [-0.2, 0) is 27.4 Å². The topological polar surface area (TPSA) is 101 Å². The van der Waals surface area contributed by atoms with Gasteiger partial charge in [0.2, 0.25) is 11.8 Å². The molecule has 2 N–H and O–H groups in total. The van der Waals surface area contributed by atoms with Crippen LogP contribution in [0.4, 0.5) is 10.5 Å². The minimum absolute atomic E-state index is 0.0915. The molecule has 186 valence electrons. The fourth-order valence-electron chi connectivity index (χ4n) is 4.04. The third-order valence-corrected chi connectivity index (χ3v) is 5.99. The first kappa shape index (κ1) is 24.9. The quantitative estimate of drug-likeness (QED) is 0.493. The minimum atomic E-state index is -0.877. The highest BCUT2D eigenvalue weighted by Crippen LogP contribution is 2.34. The molecule has 36 heavy (non-hydrogen) atoms. The molecule has 2 unspecified atom stereocenters. The van der Waals surface area contributed by atoms with E-state index < -0.39 is 18.2 Å². The van der Waals surface area contributed by atoms with Crippen LogP contribution in [0.3, 0.4) is 0 Å². The monoisotopic (exact) mass is 486 g/mol. The number of hydrogen-bond acceptors (Lipinski definition) is 5. The summed E-state index contributed by atoms with van der Waals surface area (Å²) in [6, 6.07) is 19.4. The Morgan fingerprint density at radius 2 is 1.83 bits per heavy atom. The smallest absolute Gasteiger partial charge is 0.411 e. The van der Waals surface area contributed by atoms with Gasteiger partial charge in [-0.05, 0) is 42.3 Å². The minimum Gasteiger partial charge on any atom is -0.438 e. The van der Waals surface area contributed by atoms with E-state index in [1.165, 1.54) is 4.90 Å². The number of aromatic nitrogens is 1. The van der Waals surface area contributed by atoms with E-state index in [1.807, 2.05) is 63.2 Å². The van der Waals surface area contributed by atoms with Crippen molar-refractivity contribution < 1.29 is 19.1 Å². The number of nitrogens with zero attached hydrogens (tertiary/aromatic N) is 2. The second kappa shape index (κ2) is 11.0. The molecule has 0 radical (unpaired) electrons.